The van der Waals surface area contributed by atoms with E-state index < -0.39 is 0 Å². The number of amides is 1. The molecule has 1 unspecified atom stereocenters. The Kier molecular flexibility index (Phi) is 6.63. The van der Waals surface area contributed by atoms with E-state index in [1.54, 1.807) is 24.3 Å². The number of carbonyl (C=O) groups excluding carboxylic acids is 1. The lowest BCUT2D eigenvalue weighted by atomic mass is 9.97. The van der Waals surface area contributed by atoms with Crippen molar-refractivity contribution in [1.29, 1.82) is 0 Å². The van der Waals surface area contributed by atoms with Gasteiger partial charge in [-0.05, 0) is 56.6 Å². The van der Waals surface area contributed by atoms with Crippen molar-refractivity contribution in [2.24, 2.45) is 5.92 Å². The molecule has 1 saturated heterocycles. The van der Waals surface area contributed by atoms with Gasteiger partial charge in [-0.25, -0.2) is 0 Å². The van der Waals surface area contributed by atoms with Gasteiger partial charge in [0.2, 0.25) is 0 Å². The van der Waals surface area contributed by atoms with Crippen molar-refractivity contribution in [2.45, 2.75) is 12.8 Å². The van der Waals surface area contributed by atoms with Crippen molar-refractivity contribution in [1.82, 2.24) is 10.2 Å². The molecule has 0 spiro atoms. The molecular formula is C14H20Cl2N2O. The molecule has 0 radical (unpaired) electrons. The van der Waals surface area contributed by atoms with Crippen LogP contribution in [0.1, 0.15) is 23.2 Å². The van der Waals surface area contributed by atoms with E-state index in [-0.39, 0.29) is 18.3 Å². The van der Waals surface area contributed by atoms with Crippen molar-refractivity contribution in [2.75, 3.05) is 26.7 Å². The molecule has 1 N–H and O–H groups in total. The van der Waals surface area contributed by atoms with Gasteiger partial charge in [-0.1, -0.05) is 11.6 Å². The van der Waals surface area contributed by atoms with E-state index in [2.05, 4.69) is 5.32 Å². The number of hydrogen-bond donors (Lipinski definition) is 1. The summed E-state index contributed by atoms with van der Waals surface area (Å²) in [5, 5.41) is 3.85. The summed E-state index contributed by atoms with van der Waals surface area (Å²) in [5.41, 5.74) is 0.726. The predicted molar refractivity (Wildman–Crippen MR) is 81.3 cm³/mol. The summed E-state index contributed by atoms with van der Waals surface area (Å²) in [7, 11) is 1.96. The zero-order valence-corrected chi connectivity index (χ0v) is 12.6. The lowest BCUT2D eigenvalue weighted by Gasteiger charge is -2.32. The number of likely N-dealkylation sites (tertiary alicyclic amines) is 1. The largest absolute Gasteiger partial charge is 0.338 e. The third kappa shape index (κ3) is 4.37. The summed E-state index contributed by atoms with van der Waals surface area (Å²) in [6, 6.07) is 7.13. The number of rotatable bonds is 3. The maximum Gasteiger partial charge on any atom is 0.253 e. The standard InChI is InChI=1S/C14H19ClN2O.ClH/c1-16-9-11-3-2-8-17(10-11)14(18)12-4-6-13(15)7-5-12;/h4-7,11,16H,2-3,8-10H2,1H3;1H. The summed E-state index contributed by atoms with van der Waals surface area (Å²) in [4.78, 5) is 14.3. The van der Waals surface area contributed by atoms with Crippen LogP contribution in [0.5, 0.6) is 0 Å². The van der Waals surface area contributed by atoms with Gasteiger partial charge in [-0.2, -0.15) is 0 Å². The molecule has 1 aliphatic rings. The third-order valence-corrected chi connectivity index (χ3v) is 3.64. The summed E-state index contributed by atoms with van der Waals surface area (Å²) < 4.78 is 0. The number of carbonyl (C=O) groups is 1. The van der Waals surface area contributed by atoms with Crippen molar-refractivity contribution in [3.63, 3.8) is 0 Å². The Hall–Kier alpha value is -0.770. The molecule has 106 valence electrons. The fraction of sp³-hybridized carbons (Fsp3) is 0.500. The summed E-state index contributed by atoms with van der Waals surface area (Å²) in [6.07, 6.45) is 2.29. The Balaban J connectivity index is 0.00000180. The first kappa shape index (κ1) is 16.3. The monoisotopic (exact) mass is 302 g/mol. The second-order valence-electron chi connectivity index (χ2n) is 4.82. The average molecular weight is 303 g/mol. The molecule has 1 atom stereocenters. The molecule has 1 aromatic rings. The van der Waals surface area contributed by atoms with Gasteiger partial charge in [0, 0.05) is 23.7 Å². The first-order chi connectivity index (χ1) is 8.70. The topological polar surface area (TPSA) is 32.3 Å². The quantitative estimate of drug-likeness (QED) is 0.931. The number of halogens is 2. The van der Waals surface area contributed by atoms with E-state index in [0.29, 0.717) is 10.9 Å². The van der Waals surface area contributed by atoms with Crippen LogP contribution in [0, 0.1) is 5.92 Å². The van der Waals surface area contributed by atoms with E-state index in [1.165, 1.54) is 6.42 Å². The number of hydrogen-bond acceptors (Lipinski definition) is 2. The molecule has 0 aromatic heterocycles. The Morgan fingerprint density at radius 3 is 2.74 bits per heavy atom. The van der Waals surface area contributed by atoms with Gasteiger partial charge in [0.15, 0.2) is 0 Å². The fourth-order valence-electron chi connectivity index (χ4n) is 2.48. The number of nitrogens with zero attached hydrogens (tertiary/aromatic N) is 1. The molecule has 1 aromatic carbocycles. The molecular weight excluding hydrogens is 283 g/mol. The van der Waals surface area contributed by atoms with Gasteiger partial charge in [0.1, 0.15) is 0 Å². The van der Waals surface area contributed by atoms with Crippen LogP contribution in [-0.4, -0.2) is 37.5 Å². The van der Waals surface area contributed by atoms with Crippen LogP contribution < -0.4 is 5.32 Å². The normalized spacial score (nSPS) is 18.8. The first-order valence-corrected chi connectivity index (χ1v) is 6.78. The lowest BCUT2D eigenvalue weighted by molar-refractivity contribution is 0.0674. The average Bonchev–Trinajstić information content (AvgIpc) is 2.39. The summed E-state index contributed by atoms with van der Waals surface area (Å²) >= 11 is 5.83. The van der Waals surface area contributed by atoms with E-state index in [0.717, 1.165) is 31.6 Å². The van der Waals surface area contributed by atoms with E-state index in [1.807, 2.05) is 11.9 Å². The Labute approximate surface area is 125 Å². The maximum absolute atomic E-state index is 12.3. The molecule has 1 aliphatic heterocycles. The van der Waals surface area contributed by atoms with Crippen LogP contribution in [-0.2, 0) is 0 Å². The van der Waals surface area contributed by atoms with E-state index >= 15 is 0 Å². The molecule has 1 fully saturated rings. The van der Waals surface area contributed by atoms with Crippen LogP contribution in [0.4, 0.5) is 0 Å². The van der Waals surface area contributed by atoms with Crippen LogP contribution >= 0.6 is 24.0 Å². The van der Waals surface area contributed by atoms with Crippen LogP contribution in [0.2, 0.25) is 5.02 Å². The van der Waals surface area contributed by atoms with Crippen LogP contribution in [0.25, 0.3) is 0 Å². The number of benzene rings is 1. The smallest absolute Gasteiger partial charge is 0.253 e. The summed E-state index contributed by atoms with van der Waals surface area (Å²) in [5.74, 6) is 0.687. The predicted octanol–water partition coefficient (Wildman–Crippen LogP) is 2.83. The minimum atomic E-state index is 0. The lowest BCUT2D eigenvalue weighted by Crippen LogP contribution is -2.42. The van der Waals surface area contributed by atoms with E-state index in [9.17, 15) is 4.79 Å². The first-order valence-electron chi connectivity index (χ1n) is 6.40. The Morgan fingerprint density at radius 2 is 2.11 bits per heavy atom. The molecule has 1 heterocycles. The Bertz CT molecular complexity index is 406. The highest BCUT2D eigenvalue weighted by atomic mass is 35.5. The third-order valence-electron chi connectivity index (χ3n) is 3.39. The minimum absolute atomic E-state index is 0. The SMILES string of the molecule is CNCC1CCCN(C(=O)c2ccc(Cl)cc2)C1.Cl. The zero-order chi connectivity index (χ0) is 13.0. The molecule has 0 bridgehead atoms. The second-order valence-corrected chi connectivity index (χ2v) is 5.26. The van der Waals surface area contributed by atoms with Crippen molar-refractivity contribution >= 4 is 29.9 Å². The van der Waals surface area contributed by atoms with Gasteiger partial charge >= 0.3 is 0 Å². The molecule has 0 saturated carbocycles. The van der Waals surface area contributed by atoms with Gasteiger partial charge in [-0.3, -0.25) is 4.79 Å². The Morgan fingerprint density at radius 1 is 1.42 bits per heavy atom. The highest BCUT2D eigenvalue weighted by Gasteiger charge is 2.23. The zero-order valence-electron chi connectivity index (χ0n) is 11.1. The van der Waals surface area contributed by atoms with Gasteiger partial charge in [-0.15, -0.1) is 12.4 Å². The van der Waals surface area contributed by atoms with Crippen molar-refractivity contribution in [3.8, 4) is 0 Å². The second kappa shape index (κ2) is 7.73. The van der Waals surface area contributed by atoms with Gasteiger partial charge < -0.3 is 10.2 Å². The van der Waals surface area contributed by atoms with Crippen molar-refractivity contribution in [3.05, 3.63) is 34.9 Å². The number of piperidine rings is 1. The van der Waals surface area contributed by atoms with Gasteiger partial charge in [0.25, 0.3) is 5.91 Å². The summed E-state index contributed by atoms with van der Waals surface area (Å²) in [6.45, 7) is 2.69. The highest BCUT2D eigenvalue weighted by molar-refractivity contribution is 6.30. The van der Waals surface area contributed by atoms with Crippen molar-refractivity contribution < 1.29 is 4.79 Å². The molecule has 5 heteroatoms. The van der Waals surface area contributed by atoms with E-state index in [4.69, 9.17) is 11.6 Å². The van der Waals surface area contributed by atoms with Gasteiger partial charge in [0.05, 0.1) is 0 Å². The molecule has 19 heavy (non-hydrogen) atoms. The fourth-order valence-corrected chi connectivity index (χ4v) is 2.61. The number of nitrogens with one attached hydrogen (secondary N) is 1. The molecule has 3 nitrogen and oxygen atoms in total. The van der Waals surface area contributed by atoms with Crippen LogP contribution in [0.15, 0.2) is 24.3 Å². The molecule has 0 aliphatic carbocycles. The minimum Gasteiger partial charge on any atom is -0.338 e. The molecule has 1 amide bonds. The molecule has 2 rings (SSSR count). The highest BCUT2D eigenvalue weighted by Crippen LogP contribution is 2.19. The maximum atomic E-state index is 12.3. The van der Waals surface area contributed by atoms with Crippen LogP contribution in [0.3, 0.4) is 0 Å².